The molecule has 164 valence electrons. The van der Waals surface area contributed by atoms with Gasteiger partial charge >= 0.3 is 0 Å². The van der Waals surface area contributed by atoms with Crippen LogP contribution in [0.15, 0.2) is 48.0 Å². The topological polar surface area (TPSA) is 88.9 Å². The summed E-state index contributed by atoms with van der Waals surface area (Å²) in [6, 6.07) is 11.2. The fourth-order valence-electron chi connectivity index (χ4n) is 6.48. The average molecular weight is 448 g/mol. The Morgan fingerprint density at radius 3 is 2.28 bits per heavy atom. The molecule has 0 saturated heterocycles. The van der Waals surface area contributed by atoms with E-state index in [0.29, 0.717) is 23.3 Å². The van der Waals surface area contributed by atoms with E-state index >= 15 is 0 Å². The Morgan fingerprint density at radius 1 is 0.969 bits per heavy atom. The molecular formula is C24H25N5O2S. The first-order valence-corrected chi connectivity index (χ1v) is 12.1. The quantitative estimate of drug-likeness (QED) is 0.592. The second-order valence-corrected chi connectivity index (χ2v) is 10.6. The number of carbonyl (C=O) groups is 2. The van der Waals surface area contributed by atoms with E-state index in [2.05, 4.69) is 21.2 Å². The molecule has 4 bridgehead atoms. The predicted octanol–water partition coefficient (Wildman–Crippen LogP) is 3.97. The monoisotopic (exact) mass is 447 g/mol. The van der Waals surface area contributed by atoms with Crippen LogP contribution in [0.25, 0.3) is 16.3 Å². The molecule has 4 aliphatic carbocycles. The summed E-state index contributed by atoms with van der Waals surface area (Å²) in [7, 11) is 0. The molecule has 0 spiro atoms. The highest BCUT2D eigenvalue weighted by atomic mass is 32.1. The first kappa shape index (κ1) is 19.7. The summed E-state index contributed by atoms with van der Waals surface area (Å²) in [4.78, 5) is 26.8. The number of rotatable bonds is 4. The van der Waals surface area contributed by atoms with Crippen LogP contribution in [0.5, 0.6) is 0 Å². The van der Waals surface area contributed by atoms with E-state index < -0.39 is 0 Å². The summed E-state index contributed by atoms with van der Waals surface area (Å²) >= 11 is 1.62. The van der Waals surface area contributed by atoms with Crippen molar-refractivity contribution < 1.29 is 9.59 Å². The van der Waals surface area contributed by atoms with E-state index in [0.717, 1.165) is 35.5 Å². The van der Waals surface area contributed by atoms with Gasteiger partial charge in [-0.3, -0.25) is 20.4 Å². The van der Waals surface area contributed by atoms with Gasteiger partial charge in [0.15, 0.2) is 0 Å². The number of thiophene rings is 1. The van der Waals surface area contributed by atoms with Gasteiger partial charge in [0, 0.05) is 5.56 Å². The Hall–Kier alpha value is -3.00. The number of hydrogen-bond donors (Lipinski definition) is 2. The van der Waals surface area contributed by atoms with Gasteiger partial charge in [0.1, 0.15) is 5.69 Å². The van der Waals surface area contributed by atoms with Gasteiger partial charge in [0.05, 0.1) is 22.2 Å². The number of benzene rings is 1. The van der Waals surface area contributed by atoms with Crippen molar-refractivity contribution in [2.75, 3.05) is 0 Å². The third-order valence-corrected chi connectivity index (χ3v) is 8.40. The lowest BCUT2D eigenvalue weighted by Crippen LogP contribution is -2.56. The van der Waals surface area contributed by atoms with Gasteiger partial charge in [-0.1, -0.05) is 11.3 Å². The van der Waals surface area contributed by atoms with Crippen LogP contribution in [0.1, 0.15) is 48.9 Å². The van der Waals surface area contributed by atoms with E-state index in [-0.39, 0.29) is 17.2 Å². The van der Waals surface area contributed by atoms with Crippen molar-refractivity contribution >= 4 is 23.2 Å². The smallest absolute Gasteiger partial charge is 0.269 e. The van der Waals surface area contributed by atoms with Crippen LogP contribution in [-0.2, 0) is 4.79 Å². The molecule has 7 nitrogen and oxygen atoms in total. The normalized spacial score (nSPS) is 27.9. The van der Waals surface area contributed by atoms with E-state index in [1.807, 2.05) is 29.6 Å². The molecule has 2 amide bonds. The van der Waals surface area contributed by atoms with Crippen molar-refractivity contribution in [2.45, 2.75) is 38.5 Å². The van der Waals surface area contributed by atoms with Gasteiger partial charge in [-0.2, -0.15) is 0 Å². The van der Waals surface area contributed by atoms with Crippen molar-refractivity contribution in [3.8, 4) is 16.3 Å². The molecule has 2 N–H and O–H groups in total. The lowest BCUT2D eigenvalue weighted by atomic mass is 9.49. The van der Waals surface area contributed by atoms with Crippen molar-refractivity contribution in [1.29, 1.82) is 0 Å². The first-order chi connectivity index (χ1) is 15.6. The van der Waals surface area contributed by atoms with Crippen LogP contribution >= 0.6 is 11.3 Å². The second-order valence-electron chi connectivity index (χ2n) is 9.66. The summed E-state index contributed by atoms with van der Waals surface area (Å²) in [5.41, 5.74) is 7.31. The number of carbonyl (C=O) groups excluding carboxylic acids is 2. The average Bonchev–Trinajstić information content (AvgIpc) is 3.48. The highest BCUT2D eigenvalue weighted by Crippen LogP contribution is 2.60. The maximum Gasteiger partial charge on any atom is 0.269 e. The molecule has 32 heavy (non-hydrogen) atoms. The molecular weight excluding hydrogens is 422 g/mol. The Bertz CT molecular complexity index is 1120. The highest BCUT2D eigenvalue weighted by Gasteiger charge is 2.54. The number of nitrogens with one attached hydrogen (secondary N) is 2. The maximum absolute atomic E-state index is 13.0. The molecule has 1 aromatic carbocycles. The molecule has 0 unspecified atom stereocenters. The lowest BCUT2D eigenvalue weighted by molar-refractivity contribution is -0.147. The van der Waals surface area contributed by atoms with E-state index in [1.165, 1.54) is 19.3 Å². The van der Waals surface area contributed by atoms with Crippen LogP contribution in [0.4, 0.5) is 0 Å². The van der Waals surface area contributed by atoms with Gasteiger partial charge in [0.2, 0.25) is 5.91 Å². The third kappa shape index (κ3) is 3.33. The summed E-state index contributed by atoms with van der Waals surface area (Å²) in [5.74, 6) is 1.74. The molecule has 0 atom stereocenters. The number of amides is 2. The zero-order valence-corrected chi connectivity index (χ0v) is 18.5. The standard InChI is InChI=1S/C24H25N5O2S/c30-22(26-27-23(31)24-11-15-8-16(12-24)10-17(9-15)13-24)18-3-5-19(6-4-18)29-20(14-25-28-29)21-2-1-7-32-21/h1-7,14-17H,8-13H2,(H,26,30)(H,27,31). The first-order valence-electron chi connectivity index (χ1n) is 11.3. The van der Waals surface area contributed by atoms with Crippen LogP contribution in [-0.4, -0.2) is 26.8 Å². The Balaban J connectivity index is 1.12. The van der Waals surface area contributed by atoms with Crippen LogP contribution in [0.3, 0.4) is 0 Å². The van der Waals surface area contributed by atoms with Gasteiger partial charge in [-0.25, -0.2) is 4.68 Å². The van der Waals surface area contributed by atoms with E-state index in [1.54, 1.807) is 34.3 Å². The molecule has 0 radical (unpaired) electrons. The molecule has 4 saturated carbocycles. The zero-order valence-electron chi connectivity index (χ0n) is 17.7. The Kier molecular flexibility index (Phi) is 4.64. The SMILES string of the molecule is O=C(NNC(=O)C12CC3CC(CC(C3)C1)C2)c1ccc(-n2nncc2-c2cccs2)cc1. The summed E-state index contributed by atoms with van der Waals surface area (Å²) in [6.45, 7) is 0. The third-order valence-electron chi connectivity index (χ3n) is 7.51. The van der Waals surface area contributed by atoms with Crippen molar-refractivity contribution in [3.63, 3.8) is 0 Å². The van der Waals surface area contributed by atoms with Gasteiger partial charge < -0.3 is 0 Å². The van der Waals surface area contributed by atoms with Gasteiger partial charge in [0.25, 0.3) is 5.91 Å². The molecule has 4 fully saturated rings. The van der Waals surface area contributed by atoms with Crippen LogP contribution < -0.4 is 10.9 Å². The molecule has 7 rings (SSSR count). The molecule has 0 aliphatic heterocycles. The van der Waals surface area contributed by atoms with E-state index in [4.69, 9.17) is 0 Å². The molecule has 4 aliphatic rings. The highest BCUT2D eigenvalue weighted by molar-refractivity contribution is 7.13. The largest absolute Gasteiger partial charge is 0.273 e. The van der Waals surface area contributed by atoms with Crippen molar-refractivity contribution in [3.05, 3.63) is 53.5 Å². The summed E-state index contributed by atoms with van der Waals surface area (Å²) < 4.78 is 1.75. The molecule has 2 heterocycles. The van der Waals surface area contributed by atoms with Gasteiger partial charge in [-0.15, -0.1) is 16.4 Å². The Labute approximate surface area is 190 Å². The van der Waals surface area contributed by atoms with Crippen LogP contribution in [0.2, 0.25) is 0 Å². The minimum atomic E-state index is -0.313. The van der Waals surface area contributed by atoms with Crippen LogP contribution in [0, 0.1) is 23.2 Å². The second kappa shape index (κ2) is 7.55. The fraction of sp³-hybridized carbons (Fsp3) is 0.417. The number of aromatic nitrogens is 3. The fourth-order valence-corrected chi connectivity index (χ4v) is 7.20. The zero-order chi connectivity index (χ0) is 21.7. The molecule has 3 aromatic rings. The van der Waals surface area contributed by atoms with E-state index in [9.17, 15) is 9.59 Å². The lowest BCUT2D eigenvalue weighted by Gasteiger charge is -2.55. The maximum atomic E-state index is 13.0. The number of nitrogens with zero attached hydrogens (tertiary/aromatic N) is 3. The minimum absolute atomic E-state index is 0.00947. The van der Waals surface area contributed by atoms with Crippen molar-refractivity contribution in [2.24, 2.45) is 23.2 Å². The molecule has 8 heteroatoms. The Morgan fingerprint density at radius 2 is 1.66 bits per heavy atom. The molecule has 2 aromatic heterocycles. The van der Waals surface area contributed by atoms with Gasteiger partial charge in [-0.05, 0) is 92.0 Å². The predicted molar refractivity (Wildman–Crippen MR) is 121 cm³/mol. The van der Waals surface area contributed by atoms with Crippen molar-refractivity contribution in [1.82, 2.24) is 25.8 Å². The summed E-state index contributed by atoms with van der Waals surface area (Å²) in [5, 5.41) is 10.2. The summed E-state index contributed by atoms with van der Waals surface area (Å²) in [6.07, 6.45) is 8.49. The number of hydrogen-bond acceptors (Lipinski definition) is 5. The number of hydrazine groups is 1. The minimum Gasteiger partial charge on any atom is -0.273 e.